The molecule has 0 heterocycles. The molecule has 1 unspecified atom stereocenters. The van der Waals surface area contributed by atoms with Crippen LogP contribution in [-0.4, -0.2) is 0 Å². The fourth-order valence-electron chi connectivity index (χ4n) is 1.44. The monoisotopic (exact) mass is 153 g/mol. The van der Waals surface area contributed by atoms with E-state index in [2.05, 4.69) is 26.8 Å². The molecule has 0 aromatic heterocycles. The van der Waals surface area contributed by atoms with E-state index in [4.69, 9.17) is 5.26 Å². The largest absolute Gasteiger partial charge is 0.198 e. The van der Waals surface area contributed by atoms with Gasteiger partial charge in [0.2, 0.25) is 0 Å². The molecule has 1 heteroatoms. The second-order valence-corrected chi connectivity index (χ2v) is 3.57. The molecule has 0 radical (unpaired) electrons. The van der Waals surface area contributed by atoms with Crippen molar-refractivity contribution in [2.24, 2.45) is 5.41 Å². The molecule has 1 atom stereocenters. The number of hydrogen-bond donors (Lipinski definition) is 0. The summed E-state index contributed by atoms with van der Waals surface area (Å²) >= 11 is 0. The minimum absolute atomic E-state index is 0.421. The summed E-state index contributed by atoms with van der Waals surface area (Å²) in [5.41, 5.74) is 0.421. The van der Waals surface area contributed by atoms with Crippen LogP contribution >= 0.6 is 0 Å². The highest BCUT2D eigenvalue weighted by atomic mass is 14.3. The minimum Gasteiger partial charge on any atom is -0.198 e. The Balaban J connectivity index is 3.79. The van der Waals surface area contributed by atoms with Crippen LogP contribution in [0, 0.1) is 16.7 Å². The normalized spacial score (nSPS) is 15.5. The predicted molar refractivity (Wildman–Crippen MR) is 48.2 cm³/mol. The van der Waals surface area contributed by atoms with Gasteiger partial charge in [0.05, 0.1) is 6.07 Å². The third-order valence-electron chi connectivity index (χ3n) is 2.55. The first-order valence-electron chi connectivity index (χ1n) is 4.55. The highest BCUT2D eigenvalue weighted by Crippen LogP contribution is 2.32. The van der Waals surface area contributed by atoms with Gasteiger partial charge < -0.3 is 0 Å². The molecular formula is C10H19N. The molecule has 0 fully saturated rings. The molecule has 64 valence electrons. The van der Waals surface area contributed by atoms with E-state index in [-0.39, 0.29) is 0 Å². The van der Waals surface area contributed by atoms with Gasteiger partial charge in [-0.05, 0) is 18.3 Å². The highest BCUT2D eigenvalue weighted by Gasteiger charge is 2.19. The maximum absolute atomic E-state index is 8.44. The van der Waals surface area contributed by atoms with Crippen molar-refractivity contribution >= 4 is 0 Å². The average molecular weight is 153 g/mol. The van der Waals surface area contributed by atoms with Gasteiger partial charge in [0, 0.05) is 6.42 Å². The Hall–Kier alpha value is -0.510. The molecule has 0 aliphatic heterocycles. The molecule has 1 nitrogen and oxygen atoms in total. The van der Waals surface area contributed by atoms with Crippen molar-refractivity contribution in [2.45, 2.75) is 52.9 Å². The summed E-state index contributed by atoms with van der Waals surface area (Å²) < 4.78 is 0. The molecule has 0 saturated heterocycles. The lowest BCUT2D eigenvalue weighted by molar-refractivity contribution is 0.261. The van der Waals surface area contributed by atoms with Crippen molar-refractivity contribution in [1.82, 2.24) is 0 Å². The van der Waals surface area contributed by atoms with Gasteiger partial charge in [0.25, 0.3) is 0 Å². The predicted octanol–water partition coefficient (Wildman–Crippen LogP) is 3.51. The van der Waals surface area contributed by atoms with E-state index in [0.717, 1.165) is 6.42 Å². The second kappa shape index (κ2) is 5.18. The molecule has 0 aromatic carbocycles. The van der Waals surface area contributed by atoms with E-state index >= 15 is 0 Å². The van der Waals surface area contributed by atoms with Crippen molar-refractivity contribution in [3.8, 4) is 6.07 Å². The lowest BCUT2D eigenvalue weighted by Gasteiger charge is -2.26. The maximum Gasteiger partial charge on any atom is 0.0621 e. The third kappa shape index (κ3) is 4.03. The Labute approximate surface area is 70.4 Å². The first-order chi connectivity index (χ1) is 5.18. The van der Waals surface area contributed by atoms with Crippen molar-refractivity contribution in [3.05, 3.63) is 0 Å². The Kier molecular flexibility index (Phi) is 4.94. The van der Waals surface area contributed by atoms with Crippen LogP contribution in [0.5, 0.6) is 0 Å². The van der Waals surface area contributed by atoms with Crippen LogP contribution in [0.2, 0.25) is 0 Å². The summed E-state index contributed by atoms with van der Waals surface area (Å²) in [5.74, 6) is 0. The van der Waals surface area contributed by atoms with Crippen molar-refractivity contribution in [3.63, 3.8) is 0 Å². The molecule has 11 heavy (non-hydrogen) atoms. The summed E-state index contributed by atoms with van der Waals surface area (Å²) in [4.78, 5) is 0. The molecular weight excluding hydrogens is 134 g/mol. The number of nitrogens with zero attached hydrogens (tertiary/aromatic N) is 1. The summed E-state index contributed by atoms with van der Waals surface area (Å²) in [6.45, 7) is 6.71. The quantitative estimate of drug-likeness (QED) is 0.593. The summed E-state index contributed by atoms with van der Waals surface area (Å²) in [7, 11) is 0. The fraction of sp³-hybridized carbons (Fsp3) is 0.900. The Morgan fingerprint density at radius 3 is 2.27 bits per heavy atom. The van der Waals surface area contributed by atoms with Crippen molar-refractivity contribution < 1.29 is 0 Å². The minimum atomic E-state index is 0.421. The number of rotatable bonds is 5. The van der Waals surface area contributed by atoms with Gasteiger partial charge in [0.15, 0.2) is 0 Å². The Bertz CT molecular complexity index is 134. The molecule has 0 aliphatic carbocycles. The van der Waals surface area contributed by atoms with E-state index in [1.54, 1.807) is 0 Å². The van der Waals surface area contributed by atoms with Crippen LogP contribution in [0.15, 0.2) is 0 Å². The average Bonchev–Trinajstić information content (AvgIpc) is 2.02. The highest BCUT2D eigenvalue weighted by molar-refractivity contribution is 4.78. The van der Waals surface area contributed by atoms with Gasteiger partial charge in [-0.1, -0.05) is 33.6 Å². The summed E-state index contributed by atoms with van der Waals surface area (Å²) in [5, 5.41) is 8.44. The smallest absolute Gasteiger partial charge is 0.0621 e. The van der Waals surface area contributed by atoms with Gasteiger partial charge in [-0.25, -0.2) is 0 Å². The molecule has 0 N–H and O–H groups in total. The van der Waals surface area contributed by atoms with E-state index in [0.29, 0.717) is 11.8 Å². The maximum atomic E-state index is 8.44. The molecule has 0 rings (SSSR count). The topological polar surface area (TPSA) is 23.8 Å². The molecule has 0 bridgehead atoms. The van der Waals surface area contributed by atoms with Crippen LogP contribution in [0.3, 0.4) is 0 Å². The molecule has 0 aromatic rings. The van der Waals surface area contributed by atoms with Gasteiger partial charge in [-0.3, -0.25) is 0 Å². The van der Waals surface area contributed by atoms with E-state index in [1.807, 2.05) is 0 Å². The fourth-order valence-corrected chi connectivity index (χ4v) is 1.44. The van der Waals surface area contributed by atoms with Gasteiger partial charge >= 0.3 is 0 Å². The van der Waals surface area contributed by atoms with Crippen LogP contribution in [0.25, 0.3) is 0 Å². The third-order valence-corrected chi connectivity index (χ3v) is 2.55. The van der Waals surface area contributed by atoms with Crippen LogP contribution in [0.1, 0.15) is 52.9 Å². The van der Waals surface area contributed by atoms with Crippen LogP contribution in [0.4, 0.5) is 0 Å². The first-order valence-corrected chi connectivity index (χ1v) is 4.55. The zero-order chi connectivity index (χ0) is 8.74. The second-order valence-electron chi connectivity index (χ2n) is 3.57. The molecule has 0 saturated carbocycles. The molecule has 0 aliphatic rings. The van der Waals surface area contributed by atoms with Crippen LogP contribution in [-0.2, 0) is 0 Å². The SMILES string of the molecule is CCCC(C)(CC)CCC#N. The van der Waals surface area contributed by atoms with E-state index in [9.17, 15) is 0 Å². The molecule has 0 spiro atoms. The summed E-state index contributed by atoms with van der Waals surface area (Å²) in [6.07, 6.45) is 5.46. The number of nitriles is 1. The molecule has 0 amide bonds. The first kappa shape index (κ1) is 10.5. The standard InChI is InChI=1S/C10H19N/c1-4-7-10(3,5-2)8-6-9-11/h4-8H2,1-3H3. The van der Waals surface area contributed by atoms with Crippen molar-refractivity contribution in [2.75, 3.05) is 0 Å². The Morgan fingerprint density at radius 1 is 1.27 bits per heavy atom. The lowest BCUT2D eigenvalue weighted by atomic mass is 9.79. The van der Waals surface area contributed by atoms with E-state index < -0.39 is 0 Å². The van der Waals surface area contributed by atoms with E-state index in [1.165, 1.54) is 19.3 Å². The van der Waals surface area contributed by atoms with Gasteiger partial charge in [0.1, 0.15) is 0 Å². The van der Waals surface area contributed by atoms with Gasteiger partial charge in [-0.15, -0.1) is 0 Å². The lowest BCUT2D eigenvalue weighted by Crippen LogP contribution is -2.14. The van der Waals surface area contributed by atoms with Crippen LogP contribution < -0.4 is 0 Å². The van der Waals surface area contributed by atoms with Crippen molar-refractivity contribution in [1.29, 1.82) is 5.26 Å². The zero-order valence-corrected chi connectivity index (χ0v) is 7.98. The zero-order valence-electron chi connectivity index (χ0n) is 7.98. The number of hydrogen-bond acceptors (Lipinski definition) is 1. The Morgan fingerprint density at radius 2 is 1.91 bits per heavy atom. The van der Waals surface area contributed by atoms with Gasteiger partial charge in [-0.2, -0.15) is 5.26 Å². The summed E-state index contributed by atoms with van der Waals surface area (Å²) in [6, 6.07) is 2.22.